The van der Waals surface area contributed by atoms with E-state index >= 15 is 0 Å². The second-order valence-electron chi connectivity index (χ2n) is 4.90. The Kier molecular flexibility index (Phi) is 3.55. The summed E-state index contributed by atoms with van der Waals surface area (Å²) in [5.74, 6) is 0.260. The molecule has 4 heteroatoms. The maximum absolute atomic E-state index is 12.0. The van der Waals surface area contributed by atoms with Crippen LogP contribution in [0.15, 0.2) is 10.9 Å². The summed E-state index contributed by atoms with van der Waals surface area (Å²) in [6.07, 6.45) is 2.35. The van der Waals surface area contributed by atoms with Crippen molar-refractivity contribution in [3.63, 3.8) is 0 Å². The lowest BCUT2D eigenvalue weighted by Crippen LogP contribution is -2.26. The normalized spacial score (nSPS) is 14.6. The Labute approximate surface area is 107 Å². The molecule has 0 bridgehead atoms. The molecule has 0 aliphatic heterocycles. The lowest BCUT2D eigenvalue weighted by atomic mass is 10.1. The van der Waals surface area contributed by atoms with Crippen molar-refractivity contribution >= 4 is 5.97 Å². The smallest absolute Gasteiger partial charge is 0.340 e. The van der Waals surface area contributed by atoms with E-state index in [2.05, 4.69) is 0 Å². The van der Waals surface area contributed by atoms with Crippen molar-refractivity contribution in [3.05, 3.63) is 33.2 Å². The average Bonchev–Trinajstić information content (AvgIpc) is 3.08. The number of hydrogen-bond donors (Lipinski definition) is 0. The third-order valence-electron chi connectivity index (χ3n) is 3.38. The molecule has 1 saturated carbocycles. The molecule has 1 aliphatic rings. The molecule has 98 valence electrons. The molecule has 0 N–H and O–H groups in total. The fourth-order valence-electron chi connectivity index (χ4n) is 2.22. The molecule has 1 aliphatic carbocycles. The van der Waals surface area contributed by atoms with Crippen molar-refractivity contribution in [2.45, 2.75) is 40.2 Å². The van der Waals surface area contributed by atoms with Gasteiger partial charge in [0.05, 0.1) is 12.2 Å². The largest absolute Gasteiger partial charge is 0.462 e. The number of pyridine rings is 1. The first-order chi connectivity index (χ1) is 8.54. The van der Waals surface area contributed by atoms with E-state index in [0.29, 0.717) is 23.7 Å². The number of rotatable bonds is 4. The molecule has 1 heterocycles. The first-order valence-corrected chi connectivity index (χ1v) is 6.42. The molecule has 0 aromatic carbocycles. The van der Waals surface area contributed by atoms with Crippen molar-refractivity contribution in [1.82, 2.24) is 4.57 Å². The standard InChI is InChI=1S/C14H19NO3/c1-4-18-14(17)13-9(2)7-12(16)15(10(13)3)8-11-5-6-11/h7,11H,4-6,8H2,1-3H3. The molecule has 2 rings (SSSR count). The molecule has 1 aromatic rings. The summed E-state index contributed by atoms with van der Waals surface area (Å²) in [5, 5.41) is 0. The third kappa shape index (κ3) is 2.47. The minimum atomic E-state index is -0.336. The van der Waals surface area contributed by atoms with Gasteiger partial charge in [0.15, 0.2) is 0 Å². The maximum atomic E-state index is 12.0. The van der Waals surface area contributed by atoms with E-state index in [-0.39, 0.29) is 11.5 Å². The van der Waals surface area contributed by atoms with E-state index in [1.165, 1.54) is 18.9 Å². The molecule has 0 unspecified atom stereocenters. The van der Waals surface area contributed by atoms with Gasteiger partial charge in [-0.15, -0.1) is 0 Å². The predicted octanol–water partition coefficient (Wildman–Crippen LogP) is 2.05. The Morgan fingerprint density at radius 1 is 1.44 bits per heavy atom. The van der Waals surface area contributed by atoms with Crippen LogP contribution in [-0.2, 0) is 11.3 Å². The zero-order chi connectivity index (χ0) is 13.3. The summed E-state index contributed by atoms with van der Waals surface area (Å²) in [5.41, 5.74) is 1.94. The number of aryl methyl sites for hydroxylation is 1. The molecule has 0 atom stereocenters. The SMILES string of the molecule is CCOC(=O)c1c(C)cc(=O)n(CC2CC2)c1C. The van der Waals surface area contributed by atoms with Gasteiger partial charge in [-0.2, -0.15) is 0 Å². The highest BCUT2D eigenvalue weighted by atomic mass is 16.5. The molecule has 0 saturated heterocycles. The van der Waals surface area contributed by atoms with Crippen LogP contribution in [-0.4, -0.2) is 17.1 Å². The fraction of sp³-hybridized carbons (Fsp3) is 0.571. The van der Waals surface area contributed by atoms with Crippen LogP contribution in [0.3, 0.4) is 0 Å². The molecule has 1 aromatic heterocycles. The number of hydrogen-bond acceptors (Lipinski definition) is 3. The highest BCUT2D eigenvalue weighted by Crippen LogP contribution is 2.30. The minimum Gasteiger partial charge on any atom is -0.462 e. The minimum absolute atomic E-state index is 0.0232. The van der Waals surface area contributed by atoms with Crippen molar-refractivity contribution in [2.24, 2.45) is 5.92 Å². The number of carbonyl (C=O) groups is 1. The molecular weight excluding hydrogens is 230 g/mol. The van der Waals surface area contributed by atoms with E-state index in [1.54, 1.807) is 18.4 Å². The van der Waals surface area contributed by atoms with Gasteiger partial charge in [-0.1, -0.05) is 0 Å². The number of ether oxygens (including phenoxy) is 1. The molecule has 0 spiro atoms. The van der Waals surface area contributed by atoms with E-state index in [1.807, 2.05) is 6.92 Å². The number of aromatic nitrogens is 1. The number of carbonyl (C=O) groups excluding carboxylic acids is 1. The van der Waals surface area contributed by atoms with Gasteiger partial charge in [-0.25, -0.2) is 4.79 Å². The van der Waals surface area contributed by atoms with E-state index < -0.39 is 0 Å². The Morgan fingerprint density at radius 2 is 2.11 bits per heavy atom. The summed E-state index contributed by atoms with van der Waals surface area (Å²) >= 11 is 0. The number of nitrogens with zero attached hydrogens (tertiary/aromatic N) is 1. The molecule has 1 fully saturated rings. The Hall–Kier alpha value is -1.58. The van der Waals surface area contributed by atoms with Gasteiger partial charge in [0, 0.05) is 18.3 Å². The van der Waals surface area contributed by atoms with Crippen LogP contribution in [0.4, 0.5) is 0 Å². The zero-order valence-electron chi connectivity index (χ0n) is 11.2. The first-order valence-electron chi connectivity index (χ1n) is 6.42. The van der Waals surface area contributed by atoms with Crippen LogP contribution in [0.1, 0.15) is 41.4 Å². The summed E-state index contributed by atoms with van der Waals surface area (Å²) in [4.78, 5) is 23.9. The summed E-state index contributed by atoms with van der Waals surface area (Å²) in [6, 6.07) is 1.53. The van der Waals surface area contributed by atoms with Gasteiger partial charge in [-0.05, 0) is 45.1 Å². The average molecular weight is 249 g/mol. The highest BCUT2D eigenvalue weighted by molar-refractivity contribution is 5.92. The molecular formula is C14H19NO3. The van der Waals surface area contributed by atoms with Crippen LogP contribution in [0.25, 0.3) is 0 Å². The van der Waals surface area contributed by atoms with Crippen molar-refractivity contribution < 1.29 is 9.53 Å². The zero-order valence-corrected chi connectivity index (χ0v) is 11.2. The van der Waals surface area contributed by atoms with Crippen LogP contribution < -0.4 is 5.56 Å². The van der Waals surface area contributed by atoms with E-state index in [4.69, 9.17) is 4.74 Å². The second kappa shape index (κ2) is 4.96. The molecule has 18 heavy (non-hydrogen) atoms. The lowest BCUT2D eigenvalue weighted by Gasteiger charge is -2.15. The van der Waals surface area contributed by atoms with Crippen LogP contribution in [0, 0.1) is 19.8 Å². The van der Waals surface area contributed by atoms with Gasteiger partial charge in [0.25, 0.3) is 5.56 Å². The van der Waals surface area contributed by atoms with Gasteiger partial charge >= 0.3 is 5.97 Å². The summed E-state index contributed by atoms with van der Waals surface area (Å²) in [6.45, 7) is 6.45. The Balaban J connectivity index is 2.44. The molecule has 4 nitrogen and oxygen atoms in total. The van der Waals surface area contributed by atoms with Gasteiger partial charge < -0.3 is 9.30 Å². The molecule has 0 radical (unpaired) electrons. The second-order valence-corrected chi connectivity index (χ2v) is 4.90. The quantitative estimate of drug-likeness (QED) is 0.767. The molecule has 0 amide bonds. The Morgan fingerprint density at radius 3 is 2.67 bits per heavy atom. The van der Waals surface area contributed by atoms with Crippen LogP contribution >= 0.6 is 0 Å². The van der Waals surface area contributed by atoms with Crippen LogP contribution in [0.2, 0.25) is 0 Å². The Bertz CT molecular complexity index is 527. The monoisotopic (exact) mass is 249 g/mol. The predicted molar refractivity (Wildman–Crippen MR) is 68.9 cm³/mol. The van der Waals surface area contributed by atoms with E-state index in [0.717, 1.165) is 12.2 Å². The van der Waals surface area contributed by atoms with E-state index in [9.17, 15) is 9.59 Å². The van der Waals surface area contributed by atoms with Gasteiger partial charge in [0.2, 0.25) is 0 Å². The van der Waals surface area contributed by atoms with Crippen molar-refractivity contribution in [3.8, 4) is 0 Å². The third-order valence-corrected chi connectivity index (χ3v) is 3.38. The van der Waals surface area contributed by atoms with Gasteiger partial charge in [-0.3, -0.25) is 4.79 Å². The topological polar surface area (TPSA) is 48.3 Å². The maximum Gasteiger partial charge on any atom is 0.340 e. The first kappa shape index (κ1) is 12.9. The van der Waals surface area contributed by atoms with Gasteiger partial charge in [0.1, 0.15) is 0 Å². The van der Waals surface area contributed by atoms with Crippen molar-refractivity contribution in [2.75, 3.05) is 6.61 Å². The lowest BCUT2D eigenvalue weighted by molar-refractivity contribution is 0.0523. The summed E-state index contributed by atoms with van der Waals surface area (Å²) in [7, 11) is 0. The summed E-state index contributed by atoms with van der Waals surface area (Å²) < 4.78 is 6.76. The van der Waals surface area contributed by atoms with Crippen molar-refractivity contribution in [1.29, 1.82) is 0 Å². The highest BCUT2D eigenvalue weighted by Gasteiger charge is 2.25. The number of esters is 1. The van der Waals surface area contributed by atoms with Crippen LogP contribution in [0.5, 0.6) is 0 Å². The fourth-order valence-corrected chi connectivity index (χ4v) is 2.22.